The molecule has 2 aliphatic rings. The number of amides is 1. The van der Waals surface area contributed by atoms with E-state index in [0.717, 1.165) is 25.9 Å². The van der Waals surface area contributed by atoms with Gasteiger partial charge in [-0.25, -0.2) is 8.42 Å². The number of carbonyl (C=O) groups excluding carboxylic acids is 1. The second kappa shape index (κ2) is 7.43. The van der Waals surface area contributed by atoms with Crippen molar-refractivity contribution in [2.45, 2.75) is 43.5 Å². The van der Waals surface area contributed by atoms with Crippen molar-refractivity contribution in [3.8, 4) is 0 Å². The zero-order valence-corrected chi connectivity index (χ0v) is 15.5. The molecule has 2 saturated heterocycles. The molecule has 25 heavy (non-hydrogen) atoms. The Balaban J connectivity index is 1.68. The third-order valence-corrected chi connectivity index (χ3v) is 7.28. The Labute approximate surface area is 150 Å². The summed E-state index contributed by atoms with van der Waals surface area (Å²) in [6.07, 6.45) is 3.33. The molecule has 0 spiro atoms. The van der Waals surface area contributed by atoms with Crippen LogP contribution in [0.5, 0.6) is 0 Å². The summed E-state index contributed by atoms with van der Waals surface area (Å²) in [5.41, 5.74) is 0.0860. The lowest BCUT2D eigenvalue weighted by molar-refractivity contribution is -0.124. The van der Waals surface area contributed by atoms with Crippen LogP contribution in [0.2, 0.25) is 0 Å². The first kappa shape index (κ1) is 18.4. The maximum Gasteiger partial charge on any atom is 0.243 e. The van der Waals surface area contributed by atoms with Gasteiger partial charge in [0.25, 0.3) is 0 Å². The highest BCUT2D eigenvalue weighted by Gasteiger charge is 2.40. The summed E-state index contributed by atoms with van der Waals surface area (Å²) in [6.45, 7) is 5.11. The van der Waals surface area contributed by atoms with Crippen molar-refractivity contribution in [2.24, 2.45) is 5.41 Å². The Bertz CT molecular complexity index is 700. The summed E-state index contributed by atoms with van der Waals surface area (Å²) in [5.74, 6) is -0.170. The maximum atomic E-state index is 12.9. The molecule has 1 amide bonds. The summed E-state index contributed by atoms with van der Waals surface area (Å²) in [7, 11) is -3.63. The summed E-state index contributed by atoms with van der Waals surface area (Å²) in [6, 6.07) is 7.76. The van der Waals surface area contributed by atoms with E-state index in [9.17, 15) is 13.2 Å². The molecule has 2 fully saturated rings. The molecule has 138 valence electrons. The Hall–Kier alpha value is -1.44. The van der Waals surface area contributed by atoms with Crippen molar-refractivity contribution in [1.82, 2.24) is 14.9 Å². The van der Waals surface area contributed by atoms with Crippen LogP contribution in [0.1, 0.15) is 32.6 Å². The maximum absolute atomic E-state index is 12.9. The van der Waals surface area contributed by atoms with Crippen molar-refractivity contribution in [2.75, 3.05) is 26.2 Å². The van der Waals surface area contributed by atoms with E-state index >= 15 is 0 Å². The molecule has 0 saturated carbocycles. The molecule has 6 nitrogen and oxygen atoms in total. The van der Waals surface area contributed by atoms with E-state index in [-0.39, 0.29) is 16.2 Å². The number of piperidine rings is 1. The van der Waals surface area contributed by atoms with Gasteiger partial charge in [0, 0.05) is 13.1 Å². The van der Waals surface area contributed by atoms with E-state index in [1.165, 1.54) is 4.31 Å². The molecule has 2 N–H and O–H groups in total. The molecule has 3 rings (SSSR count). The SMILES string of the molecule is CC1(CNC(=O)C2CCCN2S(=O)(=O)c2ccccc2)CCNCC1. The van der Waals surface area contributed by atoms with Crippen LogP contribution >= 0.6 is 0 Å². The van der Waals surface area contributed by atoms with Gasteiger partial charge in [-0.2, -0.15) is 4.31 Å². The minimum absolute atomic E-state index is 0.0860. The lowest BCUT2D eigenvalue weighted by Crippen LogP contribution is -2.49. The van der Waals surface area contributed by atoms with Crippen LogP contribution in [-0.2, 0) is 14.8 Å². The zero-order chi connectivity index (χ0) is 17.9. The van der Waals surface area contributed by atoms with Crippen LogP contribution < -0.4 is 10.6 Å². The molecule has 7 heteroatoms. The summed E-state index contributed by atoms with van der Waals surface area (Å²) in [4.78, 5) is 12.9. The standard InChI is InChI=1S/C18H27N3O3S/c1-18(9-11-19-12-10-18)14-20-17(22)16-8-5-13-21(16)25(23,24)15-6-3-2-4-7-15/h2-4,6-7,16,19H,5,8-14H2,1H3,(H,20,22). The Morgan fingerprint density at radius 1 is 1.28 bits per heavy atom. The highest BCUT2D eigenvalue weighted by Crippen LogP contribution is 2.28. The van der Waals surface area contributed by atoms with E-state index in [4.69, 9.17) is 0 Å². The van der Waals surface area contributed by atoms with Crippen LogP contribution in [0, 0.1) is 5.41 Å². The van der Waals surface area contributed by atoms with E-state index in [1.54, 1.807) is 30.3 Å². The topological polar surface area (TPSA) is 78.5 Å². The van der Waals surface area contributed by atoms with Gasteiger partial charge in [-0.15, -0.1) is 0 Å². The number of hydrogen-bond acceptors (Lipinski definition) is 4. The highest BCUT2D eigenvalue weighted by molar-refractivity contribution is 7.89. The Kier molecular flexibility index (Phi) is 5.46. The molecule has 0 radical (unpaired) electrons. The third kappa shape index (κ3) is 4.04. The average molecular weight is 365 g/mol. The predicted molar refractivity (Wildman–Crippen MR) is 96.6 cm³/mol. The van der Waals surface area contributed by atoms with Crippen molar-refractivity contribution in [1.29, 1.82) is 0 Å². The van der Waals surface area contributed by atoms with Crippen LogP contribution in [0.4, 0.5) is 0 Å². The van der Waals surface area contributed by atoms with Gasteiger partial charge >= 0.3 is 0 Å². The van der Waals surface area contributed by atoms with Crippen molar-refractivity contribution >= 4 is 15.9 Å². The molecule has 1 atom stereocenters. The molecule has 0 aromatic heterocycles. The first-order valence-corrected chi connectivity index (χ1v) is 10.4. The molecule has 2 aliphatic heterocycles. The van der Waals surface area contributed by atoms with E-state index in [0.29, 0.717) is 25.9 Å². The number of hydrogen-bond donors (Lipinski definition) is 2. The number of nitrogens with one attached hydrogen (secondary N) is 2. The number of benzene rings is 1. The minimum Gasteiger partial charge on any atom is -0.354 e. The average Bonchev–Trinajstić information content (AvgIpc) is 3.12. The van der Waals surface area contributed by atoms with Gasteiger partial charge in [0.05, 0.1) is 4.90 Å². The summed E-state index contributed by atoms with van der Waals surface area (Å²) < 4.78 is 27.1. The van der Waals surface area contributed by atoms with E-state index in [2.05, 4.69) is 17.6 Å². The van der Waals surface area contributed by atoms with E-state index in [1.807, 2.05) is 0 Å². The van der Waals surface area contributed by atoms with Crippen molar-refractivity contribution < 1.29 is 13.2 Å². The van der Waals surface area contributed by atoms with Crippen molar-refractivity contribution in [3.05, 3.63) is 30.3 Å². The fraction of sp³-hybridized carbons (Fsp3) is 0.611. The monoisotopic (exact) mass is 365 g/mol. The molecule has 1 unspecified atom stereocenters. The number of carbonyl (C=O) groups is 1. The van der Waals surface area contributed by atoms with Gasteiger partial charge < -0.3 is 10.6 Å². The molecule has 1 aromatic rings. The number of nitrogens with zero attached hydrogens (tertiary/aromatic N) is 1. The van der Waals surface area contributed by atoms with Gasteiger partial charge in [-0.3, -0.25) is 4.79 Å². The van der Waals surface area contributed by atoms with Gasteiger partial charge in [0.15, 0.2) is 0 Å². The molecular weight excluding hydrogens is 338 g/mol. The molecule has 0 bridgehead atoms. The first-order chi connectivity index (χ1) is 11.9. The summed E-state index contributed by atoms with van der Waals surface area (Å²) in [5, 5.41) is 6.34. The zero-order valence-electron chi connectivity index (χ0n) is 14.7. The third-order valence-electron chi connectivity index (χ3n) is 5.36. The van der Waals surface area contributed by atoms with Crippen LogP contribution in [0.25, 0.3) is 0 Å². The molecule has 1 aromatic carbocycles. The number of sulfonamides is 1. The summed E-state index contributed by atoms with van der Waals surface area (Å²) >= 11 is 0. The minimum atomic E-state index is -3.63. The number of rotatable bonds is 5. The second-order valence-corrected chi connectivity index (χ2v) is 9.26. The fourth-order valence-electron chi connectivity index (χ4n) is 3.64. The van der Waals surface area contributed by atoms with Gasteiger partial charge in [-0.05, 0) is 56.3 Å². The predicted octanol–water partition coefficient (Wildman–Crippen LogP) is 1.35. The fourth-order valence-corrected chi connectivity index (χ4v) is 5.32. The van der Waals surface area contributed by atoms with Gasteiger partial charge in [0.2, 0.25) is 15.9 Å². The van der Waals surface area contributed by atoms with Gasteiger partial charge in [0.1, 0.15) is 6.04 Å². The van der Waals surface area contributed by atoms with Crippen LogP contribution in [-0.4, -0.2) is 50.9 Å². The highest BCUT2D eigenvalue weighted by atomic mass is 32.2. The van der Waals surface area contributed by atoms with Crippen LogP contribution in [0.15, 0.2) is 35.2 Å². The smallest absolute Gasteiger partial charge is 0.243 e. The second-order valence-electron chi connectivity index (χ2n) is 7.37. The normalized spacial score (nSPS) is 24.1. The lowest BCUT2D eigenvalue weighted by atomic mass is 9.81. The van der Waals surface area contributed by atoms with Gasteiger partial charge in [-0.1, -0.05) is 25.1 Å². The lowest BCUT2D eigenvalue weighted by Gasteiger charge is -2.34. The first-order valence-electron chi connectivity index (χ1n) is 8.98. The van der Waals surface area contributed by atoms with Crippen LogP contribution in [0.3, 0.4) is 0 Å². The van der Waals surface area contributed by atoms with E-state index < -0.39 is 16.1 Å². The largest absolute Gasteiger partial charge is 0.354 e. The van der Waals surface area contributed by atoms with Crippen molar-refractivity contribution in [3.63, 3.8) is 0 Å². The Morgan fingerprint density at radius 3 is 2.64 bits per heavy atom. The Morgan fingerprint density at radius 2 is 1.96 bits per heavy atom. The molecule has 2 heterocycles. The molecule has 0 aliphatic carbocycles. The molecular formula is C18H27N3O3S. The quantitative estimate of drug-likeness (QED) is 0.826.